The van der Waals surface area contributed by atoms with Gasteiger partial charge in [0.25, 0.3) is 0 Å². The van der Waals surface area contributed by atoms with Gasteiger partial charge in [0.15, 0.2) is 0 Å². The molecule has 3 N–H and O–H groups in total. The van der Waals surface area contributed by atoms with Gasteiger partial charge in [0, 0.05) is 25.6 Å². The molecule has 0 radical (unpaired) electrons. The van der Waals surface area contributed by atoms with Gasteiger partial charge in [0.2, 0.25) is 11.8 Å². The zero-order valence-electron chi connectivity index (χ0n) is 15.6. The standard InChI is InChI=1S/C19H32N2O5/c1-12-6-8-21(9-7-12)16(22)10-14-17(23)18(24)15(26-14)11-20-19(25)13-4-2-3-5-13/h12-15,17-18,23-24H,2-11H2,1H3,(H,20,25). The molecular formula is C19H32N2O5. The van der Waals surface area contributed by atoms with Crippen molar-refractivity contribution in [2.24, 2.45) is 11.8 Å². The topological polar surface area (TPSA) is 99.1 Å². The smallest absolute Gasteiger partial charge is 0.225 e. The van der Waals surface area contributed by atoms with E-state index in [1.807, 2.05) is 4.90 Å². The molecule has 4 atom stereocenters. The Morgan fingerprint density at radius 1 is 1.04 bits per heavy atom. The van der Waals surface area contributed by atoms with Gasteiger partial charge in [-0.2, -0.15) is 0 Å². The number of carbonyl (C=O) groups excluding carboxylic acids is 2. The molecule has 1 aliphatic carbocycles. The second-order valence-corrected chi connectivity index (χ2v) is 8.19. The number of nitrogens with zero attached hydrogens (tertiary/aromatic N) is 1. The first kappa shape index (κ1) is 19.6. The van der Waals surface area contributed by atoms with E-state index in [0.717, 1.165) is 51.6 Å². The Hall–Kier alpha value is -1.18. The van der Waals surface area contributed by atoms with Crippen molar-refractivity contribution >= 4 is 11.8 Å². The summed E-state index contributed by atoms with van der Waals surface area (Å²) in [6.45, 7) is 3.84. The number of hydrogen-bond acceptors (Lipinski definition) is 5. The molecule has 0 aromatic carbocycles. The number of aliphatic hydroxyl groups is 2. The first-order chi connectivity index (χ1) is 12.5. The summed E-state index contributed by atoms with van der Waals surface area (Å²) < 4.78 is 5.72. The molecule has 2 heterocycles. The van der Waals surface area contributed by atoms with E-state index in [1.54, 1.807) is 0 Å². The highest BCUT2D eigenvalue weighted by Crippen LogP contribution is 2.27. The fourth-order valence-corrected chi connectivity index (χ4v) is 4.26. The zero-order valence-corrected chi connectivity index (χ0v) is 15.6. The number of piperidine rings is 1. The van der Waals surface area contributed by atoms with Crippen molar-refractivity contribution in [3.05, 3.63) is 0 Å². The maximum absolute atomic E-state index is 12.4. The van der Waals surface area contributed by atoms with E-state index in [-0.39, 0.29) is 30.7 Å². The Labute approximate surface area is 155 Å². The minimum Gasteiger partial charge on any atom is -0.388 e. The minimum absolute atomic E-state index is 0.00486. The lowest BCUT2D eigenvalue weighted by Gasteiger charge is -2.31. The van der Waals surface area contributed by atoms with Crippen molar-refractivity contribution in [3.8, 4) is 0 Å². The van der Waals surface area contributed by atoms with Gasteiger partial charge < -0.3 is 25.2 Å². The van der Waals surface area contributed by atoms with Crippen LogP contribution in [-0.2, 0) is 14.3 Å². The molecule has 0 aromatic heterocycles. The molecule has 3 aliphatic rings. The number of amides is 2. The Balaban J connectivity index is 1.46. The summed E-state index contributed by atoms with van der Waals surface area (Å²) in [5.74, 6) is 0.651. The van der Waals surface area contributed by atoms with Crippen LogP contribution in [0.1, 0.15) is 51.9 Å². The number of rotatable bonds is 5. The van der Waals surface area contributed by atoms with E-state index >= 15 is 0 Å². The maximum atomic E-state index is 12.4. The van der Waals surface area contributed by atoms with Gasteiger partial charge in [0.1, 0.15) is 18.3 Å². The number of hydrogen-bond donors (Lipinski definition) is 3. The van der Waals surface area contributed by atoms with Crippen molar-refractivity contribution in [3.63, 3.8) is 0 Å². The predicted octanol–water partition coefficient (Wildman–Crippen LogP) is 0.431. The van der Waals surface area contributed by atoms with E-state index in [2.05, 4.69) is 12.2 Å². The Morgan fingerprint density at radius 3 is 2.31 bits per heavy atom. The van der Waals surface area contributed by atoms with Crippen LogP contribution < -0.4 is 5.32 Å². The summed E-state index contributed by atoms with van der Waals surface area (Å²) in [6.07, 6.45) is 2.48. The van der Waals surface area contributed by atoms with E-state index in [4.69, 9.17) is 4.74 Å². The SMILES string of the molecule is CC1CCN(C(=O)CC2OC(CNC(=O)C3CCCC3)C(O)C2O)CC1. The lowest BCUT2D eigenvalue weighted by molar-refractivity contribution is -0.137. The van der Waals surface area contributed by atoms with E-state index in [0.29, 0.717) is 5.92 Å². The summed E-state index contributed by atoms with van der Waals surface area (Å²) in [5.41, 5.74) is 0. The molecule has 2 saturated heterocycles. The van der Waals surface area contributed by atoms with Crippen molar-refractivity contribution in [2.45, 2.75) is 76.3 Å². The highest BCUT2D eigenvalue weighted by atomic mass is 16.5. The van der Waals surface area contributed by atoms with Crippen molar-refractivity contribution in [2.75, 3.05) is 19.6 Å². The summed E-state index contributed by atoms with van der Waals surface area (Å²) in [6, 6.07) is 0. The number of nitrogens with one attached hydrogen (secondary N) is 1. The molecule has 2 amide bonds. The fourth-order valence-electron chi connectivity index (χ4n) is 4.26. The molecule has 7 nitrogen and oxygen atoms in total. The van der Waals surface area contributed by atoms with Crippen LogP contribution in [0.4, 0.5) is 0 Å². The van der Waals surface area contributed by atoms with Crippen LogP contribution in [0.3, 0.4) is 0 Å². The van der Waals surface area contributed by atoms with E-state index in [9.17, 15) is 19.8 Å². The minimum atomic E-state index is -1.10. The van der Waals surface area contributed by atoms with E-state index < -0.39 is 24.4 Å². The quantitative estimate of drug-likeness (QED) is 0.654. The average Bonchev–Trinajstić information content (AvgIpc) is 3.25. The van der Waals surface area contributed by atoms with Crippen LogP contribution in [0.15, 0.2) is 0 Å². The summed E-state index contributed by atoms with van der Waals surface area (Å²) in [7, 11) is 0. The highest BCUT2D eigenvalue weighted by molar-refractivity contribution is 5.79. The molecule has 26 heavy (non-hydrogen) atoms. The zero-order chi connectivity index (χ0) is 18.7. The third-order valence-electron chi connectivity index (χ3n) is 6.18. The second-order valence-electron chi connectivity index (χ2n) is 8.19. The van der Waals surface area contributed by atoms with Gasteiger partial charge in [-0.3, -0.25) is 9.59 Å². The van der Waals surface area contributed by atoms with Crippen LogP contribution in [-0.4, -0.2) is 71.0 Å². The second kappa shape index (κ2) is 8.67. The van der Waals surface area contributed by atoms with Gasteiger partial charge in [-0.15, -0.1) is 0 Å². The molecule has 3 rings (SSSR count). The van der Waals surface area contributed by atoms with Crippen LogP contribution in [0.2, 0.25) is 0 Å². The largest absolute Gasteiger partial charge is 0.388 e. The predicted molar refractivity (Wildman–Crippen MR) is 95.2 cm³/mol. The molecule has 4 unspecified atom stereocenters. The number of likely N-dealkylation sites (tertiary alicyclic amines) is 1. The first-order valence-corrected chi connectivity index (χ1v) is 10.0. The fraction of sp³-hybridized carbons (Fsp3) is 0.895. The molecule has 0 spiro atoms. The number of aliphatic hydroxyl groups excluding tert-OH is 2. The van der Waals surface area contributed by atoms with Gasteiger partial charge in [-0.25, -0.2) is 0 Å². The molecule has 148 valence electrons. The lowest BCUT2D eigenvalue weighted by Crippen LogP contribution is -2.42. The summed E-state index contributed by atoms with van der Waals surface area (Å²) in [4.78, 5) is 26.4. The van der Waals surface area contributed by atoms with Crippen LogP contribution in [0.5, 0.6) is 0 Å². The Morgan fingerprint density at radius 2 is 1.65 bits per heavy atom. The normalized spacial score (nSPS) is 33.6. The Bertz CT molecular complexity index is 500. The lowest BCUT2D eigenvalue weighted by atomic mass is 9.98. The first-order valence-electron chi connectivity index (χ1n) is 10.0. The molecule has 3 fully saturated rings. The van der Waals surface area contributed by atoms with Crippen LogP contribution in [0.25, 0.3) is 0 Å². The van der Waals surface area contributed by atoms with Crippen molar-refractivity contribution in [1.82, 2.24) is 10.2 Å². The van der Waals surface area contributed by atoms with Crippen molar-refractivity contribution in [1.29, 1.82) is 0 Å². The van der Waals surface area contributed by atoms with Gasteiger partial charge in [-0.05, 0) is 31.6 Å². The average molecular weight is 368 g/mol. The maximum Gasteiger partial charge on any atom is 0.225 e. The molecule has 0 bridgehead atoms. The third-order valence-corrected chi connectivity index (χ3v) is 6.18. The van der Waals surface area contributed by atoms with Gasteiger partial charge >= 0.3 is 0 Å². The molecule has 2 aliphatic heterocycles. The molecule has 7 heteroatoms. The van der Waals surface area contributed by atoms with E-state index in [1.165, 1.54) is 0 Å². The summed E-state index contributed by atoms with van der Waals surface area (Å²) >= 11 is 0. The monoisotopic (exact) mass is 368 g/mol. The highest BCUT2D eigenvalue weighted by Gasteiger charge is 2.44. The van der Waals surface area contributed by atoms with Gasteiger partial charge in [-0.1, -0.05) is 19.8 Å². The molecule has 1 saturated carbocycles. The molecule has 0 aromatic rings. The third kappa shape index (κ3) is 4.56. The number of ether oxygens (including phenoxy) is 1. The van der Waals surface area contributed by atoms with Crippen LogP contribution in [0, 0.1) is 11.8 Å². The Kier molecular flexibility index (Phi) is 6.53. The van der Waals surface area contributed by atoms with Crippen LogP contribution >= 0.6 is 0 Å². The summed E-state index contributed by atoms with van der Waals surface area (Å²) in [5, 5.41) is 23.3. The number of carbonyl (C=O) groups is 2. The van der Waals surface area contributed by atoms with Crippen molar-refractivity contribution < 1.29 is 24.5 Å². The van der Waals surface area contributed by atoms with Gasteiger partial charge in [0.05, 0.1) is 12.5 Å². The molecular weight excluding hydrogens is 336 g/mol.